The number of carbonyl (C=O) groups excluding carboxylic acids is 11. The number of alkyl halides is 1. The Balaban J connectivity index is 1.56. The van der Waals surface area contributed by atoms with Crippen LogP contribution in [0.4, 0.5) is 4.39 Å². The van der Waals surface area contributed by atoms with Crippen molar-refractivity contribution < 1.29 is 152 Å². The Kier molecular flexibility index (Phi) is 27.6. The SMILES string of the molecule is CC(=O)OC[C@H]1O[C@H](OC[C@H]2O[C@H](F)[C@@H](OCc3ccccc3)[C@@H](O[C@H]3O[C@H](COC(C)=O)[C@@H](OC(C)=O)[C@H](OC(C)=O)[C@@H]3O[C@H]3O[C@H](COC(C)=O)[C@@H](OC(C)=O)[C@H](OC(C)=O)[C@@H]3OC(C)=O)[C@@H]2OCc2ccccc2)[C@@H](OC(C)=O)[C@@H](OC(C)=O)[C@@H]1OC(C)=O. The van der Waals surface area contributed by atoms with Gasteiger partial charge in [0.15, 0.2) is 73.8 Å². The molecule has 6 rings (SSSR count). The van der Waals surface area contributed by atoms with Crippen LogP contribution >= 0.6 is 0 Å². The van der Waals surface area contributed by atoms with E-state index in [0.29, 0.717) is 11.1 Å². The maximum absolute atomic E-state index is 17.8. The van der Waals surface area contributed by atoms with Crippen LogP contribution in [0.25, 0.3) is 0 Å². The molecule has 0 spiro atoms. The Morgan fingerprint density at radius 2 is 0.598 bits per heavy atom. The molecule has 4 fully saturated rings. The molecule has 92 heavy (non-hydrogen) atoms. The second-order valence-corrected chi connectivity index (χ2v) is 21.2. The standard InChI is InChI=1S/C60H75FO31/c1-28(62)73-24-42-46(79-31(4)65)50(82-34(7)68)54(85-37(10)71)58(88-42)78-27-41-45(76-22-39-18-14-12-15-19-39)49(53(57(61)87-41)77-23-40-20-16-13-17-21-40)91-60-56(52(84-36(9)70)48(81-33(6)67)44(90-60)26-75-30(3)64)92-59-55(86-38(11)72)51(83-35(8)69)47(80-32(5)66)43(89-59)25-74-29(2)63/h12-21,41-60H,22-27H2,1-11H3/t41-,42-,43-,44-,45-,46-,47-,48-,49+,50+,51+,52+,53+,54+,55+,56+,57+,58+,59-,60-/m1/s1. The second-order valence-electron chi connectivity index (χ2n) is 21.2. The van der Waals surface area contributed by atoms with Crippen LogP contribution in [0.5, 0.6) is 0 Å². The summed E-state index contributed by atoms with van der Waals surface area (Å²) in [5.74, 6) is -10.6. The summed E-state index contributed by atoms with van der Waals surface area (Å²) in [6, 6.07) is 16.8. The van der Waals surface area contributed by atoms with Crippen molar-refractivity contribution in [1.82, 2.24) is 0 Å². The first-order chi connectivity index (χ1) is 43.6. The highest BCUT2D eigenvalue weighted by Crippen LogP contribution is 2.40. The average molecular weight is 1310 g/mol. The summed E-state index contributed by atoms with van der Waals surface area (Å²) in [6.07, 6.45) is -37.6. The molecule has 31 nitrogen and oxygen atoms in total. The van der Waals surface area contributed by atoms with Crippen molar-refractivity contribution in [2.75, 3.05) is 26.4 Å². The van der Waals surface area contributed by atoms with Gasteiger partial charge in [-0.05, 0) is 11.1 Å². The van der Waals surface area contributed by atoms with Crippen molar-refractivity contribution in [2.24, 2.45) is 0 Å². The minimum absolute atomic E-state index is 0.331. The largest absolute Gasteiger partial charge is 0.463 e. The van der Waals surface area contributed by atoms with Gasteiger partial charge < -0.3 is 94.7 Å². The molecule has 0 unspecified atom stereocenters. The van der Waals surface area contributed by atoms with E-state index < -0.39 is 215 Å². The van der Waals surface area contributed by atoms with E-state index >= 15 is 4.39 Å². The van der Waals surface area contributed by atoms with Gasteiger partial charge in [0.25, 0.3) is 0 Å². The molecule has 20 atom stereocenters. The van der Waals surface area contributed by atoms with Gasteiger partial charge in [0, 0.05) is 76.2 Å². The molecule has 0 N–H and O–H groups in total. The minimum Gasteiger partial charge on any atom is -0.463 e. The molecule has 4 aliphatic rings. The quantitative estimate of drug-likeness (QED) is 0.0911. The lowest BCUT2D eigenvalue weighted by atomic mass is 9.95. The Labute approximate surface area is 526 Å². The van der Waals surface area contributed by atoms with Crippen molar-refractivity contribution in [3.63, 3.8) is 0 Å². The molecule has 4 aliphatic heterocycles. The van der Waals surface area contributed by atoms with Crippen molar-refractivity contribution in [3.8, 4) is 0 Å². The van der Waals surface area contributed by atoms with E-state index in [1.165, 1.54) is 0 Å². The molecule has 0 bridgehead atoms. The first-order valence-corrected chi connectivity index (χ1v) is 28.9. The van der Waals surface area contributed by atoms with E-state index in [-0.39, 0.29) is 13.2 Å². The molecule has 2 aromatic rings. The lowest BCUT2D eigenvalue weighted by Gasteiger charge is -2.50. The van der Waals surface area contributed by atoms with Gasteiger partial charge in [-0.2, -0.15) is 0 Å². The lowest BCUT2D eigenvalue weighted by Crippen LogP contribution is -2.69. The fourth-order valence-electron chi connectivity index (χ4n) is 10.3. The third-order valence-electron chi connectivity index (χ3n) is 13.7. The summed E-state index contributed by atoms with van der Waals surface area (Å²) < 4.78 is 137. The fraction of sp³-hybridized carbons (Fsp3) is 0.617. The lowest BCUT2D eigenvalue weighted by molar-refractivity contribution is -0.390. The molecule has 4 saturated heterocycles. The Bertz CT molecular complexity index is 2860. The highest BCUT2D eigenvalue weighted by atomic mass is 19.1. The van der Waals surface area contributed by atoms with Crippen molar-refractivity contribution in [2.45, 2.75) is 212 Å². The molecule has 508 valence electrons. The highest BCUT2D eigenvalue weighted by molar-refractivity contribution is 5.71. The molecule has 4 heterocycles. The number of ether oxygens (including phenoxy) is 20. The first kappa shape index (κ1) is 73.2. The summed E-state index contributed by atoms with van der Waals surface area (Å²) >= 11 is 0. The van der Waals surface area contributed by atoms with Gasteiger partial charge in [-0.3, -0.25) is 52.7 Å². The number of hydrogen-bond donors (Lipinski definition) is 0. The Hall–Kier alpha value is -7.82. The average Bonchev–Trinajstić information content (AvgIpc) is 0.787. The fourth-order valence-corrected chi connectivity index (χ4v) is 10.3. The van der Waals surface area contributed by atoms with Crippen LogP contribution in [-0.2, 0) is 161 Å². The van der Waals surface area contributed by atoms with Crippen molar-refractivity contribution in [1.29, 1.82) is 0 Å². The van der Waals surface area contributed by atoms with Crippen LogP contribution in [-0.4, -0.2) is 215 Å². The van der Waals surface area contributed by atoms with Gasteiger partial charge in [-0.25, -0.2) is 4.39 Å². The molecular weight excluding hydrogens is 1240 g/mol. The van der Waals surface area contributed by atoms with Gasteiger partial charge in [0.05, 0.1) is 19.8 Å². The summed E-state index contributed by atoms with van der Waals surface area (Å²) in [7, 11) is 0. The molecule has 0 aromatic heterocycles. The number of esters is 11. The van der Waals surface area contributed by atoms with Gasteiger partial charge in [-0.1, -0.05) is 60.7 Å². The summed E-state index contributed by atoms with van der Waals surface area (Å²) in [5.41, 5.74) is 1.00. The van der Waals surface area contributed by atoms with E-state index in [4.69, 9.17) is 94.7 Å². The number of benzene rings is 2. The van der Waals surface area contributed by atoms with Crippen LogP contribution in [0, 0.1) is 0 Å². The number of halogens is 1. The van der Waals surface area contributed by atoms with Crippen LogP contribution in [0.3, 0.4) is 0 Å². The third kappa shape index (κ3) is 21.6. The normalized spacial score (nSPS) is 31.0. The third-order valence-corrected chi connectivity index (χ3v) is 13.7. The van der Waals surface area contributed by atoms with E-state index in [2.05, 4.69) is 0 Å². The van der Waals surface area contributed by atoms with Gasteiger partial charge >= 0.3 is 65.7 Å². The van der Waals surface area contributed by atoms with Crippen molar-refractivity contribution in [3.05, 3.63) is 71.8 Å². The molecule has 0 saturated carbocycles. The zero-order valence-electron chi connectivity index (χ0n) is 52.1. The molecule has 0 amide bonds. The van der Waals surface area contributed by atoms with Crippen LogP contribution in [0.2, 0.25) is 0 Å². The predicted octanol–water partition coefficient (Wildman–Crippen LogP) is 1.96. The Morgan fingerprint density at radius 1 is 0.304 bits per heavy atom. The molecule has 32 heteroatoms. The maximum Gasteiger partial charge on any atom is 0.303 e. The second kappa shape index (κ2) is 34.7. The number of rotatable bonds is 27. The van der Waals surface area contributed by atoms with Crippen LogP contribution in [0.1, 0.15) is 87.3 Å². The van der Waals surface area contributed by atoms with Crippen LogP contribution < -0.4 is 0 Å². The number of hydrogen-bond acceptors (Lipinski definition) is 31. The highest BCUT2D eigenvalue weighted by Gasteiger charge is 2.61. The topological polar surface area (TPSA) is 372 Å². The molecule has 0 radical (unpaired) electrons. The minimum atomic E-state index is -2.58. The Morgan fingerprint density at radius 3 is 0.967 bits per heavy atom. The summed E-state index contributed by atoms with van der Waals surface area (Å²) in [6.45, 7) is 7.24. The molecular formula is C60H75FO31. The van der Waals surface area contributed by atoms with Gasteiger partial charge in [0.2, 0.25) is 6.36 Å². The zero-order valence-corrected chi connectivity index (χ0v) is 52.1. The molecule has 0 aliphatic carbocycles. The van der Waals surface area contributed by atoms with Crippen molar-refractivity contribution >= 4 is 65.7 Å². The van der Waals surface area contributed by atoms with Crippen LogP contribution in [0.15, 0.2) is 60.7 Å². The zero-order chi connectivity index (χ0) is 67.5. The predicted molar refractivity (Wildman–Crippen MR) is 296 cm³/mol. The maximum atomic E-state index is 17.8. The van der Waals surface area contributed by atoms with E-state index in [0.717, 1.165) is 76.2 Å². The van der Waals surface area contributed by atoms with E-state index in [1.54, 1.807) is 60.7 Å². The summed E-state index contributed by atoms with van der Waals surface area (Å²) in [5, 5.41) is 0. The monoisotopic (exact) mass is 1310 g/mol. The number of carbonyl (C=O) groups is 11. The van der Waals surface area contributed by atoms with E-state index in [9.17, 15) is 52.7 Å². The first-order valence-electron chi connectivity index (χ1n) is 28.9. The van der Waals surface area contributed by atoms with Gasteiger partial charge in [0.1, 0.15) is 62.5 Å². The summed E-state index contributed by atoms with van der Waals surface area (Å²) in [4.78, 5) is 141. The smallest absolute Gasteiger partial charge is 0.303 e. The van der Waals surface area contributed by atoms with Gasteiger partial charge in [-0.15, -0.1) is 0 Å². The van der Waals surface area contributed by atoms with E-state index in [1.807, 2.05) is 0 Å². The molecule has 2 aromatic carbocycles.